The monoisotopic (exact) mass is 351 g/mol. The van der Waals surface area contributed by atoms with Crippen molar-refractivity contribution in [1.29, 1.82) is 0 Å². The molecule has 0 spiro atoms. The van der Waals surface area contributed by atoms with E-state index in [9.17, 15) is 10.2 Å². The SMILES string of the molecule is COc1ccccc1C(Cc1ccccc1)N(CCO)CCO.Cl. The molecule has 0 heterocycles. The van der Waals surface area contributed by atoms with Gasteiger partial charge in [0, 0.05) is 24.7 Å². The zero-order chi connectivity index (χ0) is 16.5. The van der Waals surface area contributed by atoms with Gasteiger partial charge in [-0.2, -0.15) is 0 Å². The minimum atomic E-state index is 0. The molecule has 0 aliphatic heterocycles. The van der Waals surface area contributed by atoms with Crippen molar-refractivity contribution in [3.63, 3.8) is 0 Å². The quantitative estimate of drug-likeness (QED) is 0.729. The fraction of sp³-hybridized carbons (Fsp3) is 0.368. The Morgan fingerprint density at radius 3 is 2.08 bits per heavy atom. The number of rotatable bonds is 9. The number of methoxy groups -OCH3 is 1. The largest absolute Gasteiger partial charge is 0.496 e. The summed E-state index contributed by atoms with van der Waals surface area (Å²) in [7, 11) is 1.67. The van der Waals surface area contributed by atoms with Gasteiger partial charge in [0.2, 0.25) is 0 Å². The highest BCUT2D eigenvalue weighted by Crippen LogP contribution is 2.31. The minimum Gasteiger partial charge on any atom is -0.496 e. The first-order valence-electron chi connectivity index (χ1n) is 7.92. The summed E-state index contributed by atoms with van der Waals surface area (Å²) in [6, 6.07) is 18.2. The van der Waals surface area contributed by atoms with Crippen molar-refractivity contribution < 1.29 is 14.9 Å². The predicted octanol–water partition coefficient (Wildman–Crippen LogP) is 2.69. The van der Waals surface area contributed by atoms with Gasteiger partial charge in [-0.1, -0.05) is 48.5 Å². The highest BCUT2D eigenvalue weighted by Gasteiger charge is 2.23. The molecule has 0 aliphatic rings. The number of nitrogens with zero attached hydrogens (tertiary/aromatic N) is 1. The van der Waals surface area contributed by atoms with Crippen molar-refractivity contribution in [2.45, 2.75) is 12.5 Å². The Kier molecular flexibility index (Phi) is 9.42. The molecule has 5 heteroatoms. The third-order valence-corrected chi connectivity index (χ3v) is 3.98. The van der Waals surface area contributed by atoms with E-state index < -0.39 is 0 Å². The Morgan fingerprint density at radius 1 is 0.917 bits per heavy atom. The van der Waals surface area contributed by atoms with Gasteiger partial charge < -0.3 is 14.9 Å². The number of halogens is 1. The van der Waals surface area contributed by atoms with Crippen LogP contribution in [0.2, 0.25) is 0 Å². The van der Waals surface area contributed by atoms with Crippen molar-refractivity contribution in [3.05, 3.63) is 65.7 Å². The normalized spacial score (nSPS) is 11.8. The number of aliphatic hydroxyl groups is 2. The van der Waals surface area contributed by atoms with Crippen LogP contribution >= 0.6 is 12.4 Å². The first-order chi connectivity index (χ1) is 11.3. The maximum atomic E-state index is 9.40. The molecular weight excluding hydrogens is 326 g/mol. The first-order valence-corrected chi connectivity index (χ1v) is 7.92. The first kappa shape index (κ1) is 20.5. The predicted molar refractivity (Wildman–Crippen MR) is 98.9 cm³/mol. The topological polar surface area (TPSA) is 52.9 Å². The lowest BCUT2D eigenvalue weighted by Gasteiger charge is -2.32. The molecule has 0 aromatic heterocycles. The molecule has 2 N–H and O–H groups in total. The third kappa shape index (κ3) is 5.49. The molecule has 1 atom stereocenters. The van der Waals surface area contributed by atoms with E-state index in [1.54, 1.807) is 7.11 Å². The second kappa shape index (κ2) is 11.0. The lowest BCUT2D eigenvalue weighted by molar-refractivity contribution is 0.119. The van der Waals surface area contributed by atoms with Crippen LogP contribution in [0.5, 0.6) is 5.75 Å². The molecule has 132 valence electrons. The summed E-state index contributed by atoms with van der Waals surface area (Å²) in [4.78, 5) is 2.10. The number of para-hydroxylation sites is 1. The molecular formula is C19H26ClNO3. The van der Waals surface area contributed by atoms with Gasteiger partial charge in [0.25, 0.3) is 0 Å². The van der Waals surface area contributed by atoms with E-state index in [0.29, 0.717) is 13.1 Å². The third-order valence-electron chi connectivity index (χ3n) is 3.98. The van der Waals surface area contributed by atoms with Crippen LogP contribution in [0.1, 0.15) is 17.2 Å². The van der Waals surface area contributed by atoms with E-state index in [1.807, 2.05) is 42.5 Å². The summed E-state index contributed by atoms with van der Waals surface area (Å²) in [5, 5.41) is 18.8. The number of benzene rings is 2. The summed E-state index contributed by atoms with van der Waals surface area (Å²) in [6.07, 6.45) is 0.793. The summed E-state index contributed by atoms with van der Waals surface area (Å²) in [6.45, 7) is 1.13. The summed E-state index contributed by atoms with van der Waals surface area (Å²) < 4.78 is 5.52. The van der Waals surface area contributed by atoms with Gasteiger partial charge in [0.1, 0.15) is 5.75 Å². The second-order valence-electron chi connectivity index (χ2n) is 5.43. The highest BCUT2D eigenvalue weighted by molar-refractivity contribution is 5.85. The maximum Gasteiger partial charge on any atom is 0.123 e. The molecule has 2 rings (SSSR count). The van der Waals surface area contributed by atoms with E-state index >= 15 is 0 Å². The van der Waals surface area contributed by atoms with Crippen molar-refractivity contribution >= 4 is 12.4 Å². The van der Waals surface area contributed by atoms with Gasteiger partial charge in [0.15, 0.2) is 0 Å². The van der Waals surface area contributed by atoms with Crippen LogP contribution in [0.25, 0.3) is 0 Å². The van der Waals surface area contributed by atoms with Gasteiger partial charge in [0.05, 0.1) is 20.3 Å². The zero-order valence-electron chi connectivity index (χ0n) is 14.0. The number of hydrogen-bond donors (Lipinski definition) is 2. The molecule has 1 unspecified atom stereocenters. The van der Waals surface area contributed by atoms with E-state index in [0.717, 1.165) is 17.7 Å². The van der Waals surface area contributed by atoms with Gasteiger partial charge in [-0.25, -0.2) is 0 Å². The minimum absolute atomic E-state index is 0. The Labute approximate surface area is 150 Å². The summed E-state index contributed by atoms with van der Waals surface area (Å²) in [5.74, 6) is 0.828. The van der Waals surface area contributed by atoms with Crippen LogP contribution in [0, 0.1) is 0 Å². The average Bonchev–Trinajstić information content (AvgIpc) is 2.60. The zero-order valence-corrected chi connectivity index (χ0v) is 14.8. The molecule has 2 aromatic rings. The Balaban J connectivity index is 0.00000288. The smallest absolute Gasteiger partial charge is 0.123 e. The van der Waals surface area contributed by atoms with Gasteiger partial charge >= 0.3 is 0 Å². The summed E-state index contributed by atoms with van der Waals surface area (Å²) >= 11 is 0. The fourth-order valence-electron chi connectivity index (χ4n) is 2.90. The lowest BCUT2D eigenvalue weighted by atomic mass is 9.96. The van der Waals surface area contributed by atoms with Gasteiger partial charge in [-0.3, -0.25) is 4.90 Å². The molecule has 0 saturated heterocycles. The van der Waals surface area contributed by atoms with E-state index in [4.69, 9.17) is 4.74 Å². The van der Waals surface area contributed by atoms with Crippen LogP contribution in [0.3, 0.4) is 0 Å². The van der Waals surface area contributed by atoms with Crippen molar-refractivity contribution in [2.75, 3.05) is 33.4 Å². The molecule has 0 fully saturated rings. The van der Waals surface area contributed by atoms with Crippen LogP contribution in [0.4, 0.5) is 0 Å². The van der Waals surface area contributed by atoms with Crippen LogP contribution in [-0.2, 0) is 6.42 Å². The van der Waals surface area contributed by atoms with Crippen LogP contribution in [-0.4, -0.2) is 48.5 Å². The number of aliphatic hydroxyl groups excluding tert-OH is 2. The van der Waals surface area contributed by atoms with Gasteiger partial charge in [-0.05, 0) is 18.1 Å². The number of hydrogen-bond acceptors (Lipinski definition) is 4. The molecule has 4 nitrogen and oxygen atoms in total. The lowest BCUT2D eigenvalue weighted by Crippen LogP contribution is -2.35. The molecule has 0 bridgehead atoms. The summed E-state index contributed by atoms with van der Waals surface area (Å²) in [5.41, 5.74) is 2.28. The molecule has 0 radical (unpaired) electrons. The maximum absolute atomic E-state index is 9.40. The van der Waals surface area contributed by atoms with Crippen LogP contribution < -0.4 is 4.74 Å². The fourth-order valence-corrected chi connectivity index (χ4v) is 2.90. The molecule has 24 heavy (non-hydrogen) atoms. The Bertz CT molecular complexity index is 574. The van der Waals surface area contributed by atoms with Crippen molar-refractivity contribution in [3.8, 4) is 5.75 Å². The van der Waals surface area contributed by atoms with E-state index in [1.165, 1.54) is 5.56 Å². The number of ether oxygens (including phenoxy) is 1. The standard InChI is InChI=1S/C19H25NO3.ClH/c1-23-19-10-6-5-9-17(19)18(20(11-13-21)12-14-22)15-16-7-3-2-4-8-16;/h2-10,18,21-22H,11-15H2,1H3;1H. The molecule has 0 amide bonds. The Morgan fingerprint density at radius 2 is 1.50 bits per heavy atom. The average molecular weight is 352 g/mol. The molecule has 0 saturated carbocycles. The van der Waals surface area contributed by atoms with Gasteiger partial charge in [-0.15, -0.1) is 12.4 Å². The Hall–Kier alpha value is -1.59. The van der Waals surface area contributed by atoms with E-state index in [-0.39, 0.29) is 31.7 Å². The highest BCUT2D eigenvalue weighted by atomic mass is 35.5. The van der Waals surface area contributed by atoms with E-state index in [2.05, 4.69) is 17.0 Å². The van der Waals surface area contributed by atoms with Crippen molar-refractivity contribution in [1.82, 2.24) is 4.90 Å². The second-order valence-corrected chi connectivity index (χ2v) is 5.43. The van der Waals surface area contributed by atoms with Crippen molar-refractivity contribution in [2.24, 2.45) is 0 Å². The molecule has 2 aromatic carbocycles. The molecule has 0 aliphatic carbocycles. The van der Waals surface area contributed by atoms with Crippen LogP contribution in [0.15, 0.2) is 54.6 Å².